The van der Waals surface area contributed by atoms with Crippen LogP contribution in [0.4, 0.5) is 24.5 Å². The van der Waals surface area contributed by atoms with Gasteiger partial charge in [-0.15, -0.1) is 5.10 Å². The van der Waals surface area contributed by atoms with E-state index in [1.807, 2.05) is 0 Å². The summed E-state index contributed by atoms with van der Waals surface area (Å²) in [7, 11) is 0. The molecular weight excluding hydrogens is 305 g/mol. The smallest absolute Gasteiger partial charge is 0.398 e. The van der Waals surface area contributed by atoms with E-state index >= 15 is 0 Å². The second-order valence-corrected chi connectivity index (χ2v) is 4.91. The third-order valence-electron chi connectivity index (χ3n) is 2.71. The number of anilines is 2. The second kappa shape index (κ2) is 5.68. The lowest BCUT2D eigenvalue weighted by Crippen LogP contribution is -2.14. The summed E-state index contributed by atoms with van der Waals surface area (Å²) in [6.45, 7) is 1.80. The first-order chi connectivity index (χ1) is 9.82. The van der Waals surface area contributed by atoms with E-state index in [4.69, 9.17) is 5.73 Å². The van der Waals surface area contributed by atoms with E-state index in [0.29, 0.717) is 12.1 Å². The molecule has 9 heteroatoms. The number of carbonyl (C=O) groups is 1. The molecule has 0 atom stereocenters. The quantitative estimate of drug-likeness (QED) is 0.853. The Balaban J connectivity index is 2.26. The highest BCUT2D eigenvalue weighted by molar-refractivity contribution is 7.08. The largest absolute Gasteiger partial charge is 0.418 e. The normalized spacial score (nSPS) is 11.4. The van der Waals surface area contributed by atoms with Gasteiger partial charge in [0, 0.05) is 11.4 Å². The fraction of sp³-hybridized carbons (Fsp3) is 0.250. The average molecular weight is 316 g/mol. The molecule has 2 rings (SSSR count). The Kier molecular flexibility index (Phi) is 4.12. The van der Waals surface area contributed by atoms with Crippen molar-refractivity contribution in [2.24, 2.45) is 0 Å². The van der Waals surface area contributed by atoms with Crippen LogP contribution in [0.2, 0.25) is 0 Å². The van der Waals surface area contributed by atoms with Gasteiger partial charge in [-0.25, -0.2) is 0 Å². The first kappa shape index (κ1) is 15.2. The third kappa shape index (κ3) is 3.30. The Hall–Kier alpha value is -2.16. The van der Waals surface area contributed by atoms with Crippen LogP contribution in [0, 0.1) is 0 Å². The van der Waals surface area contributed by atoms with Crippen molar-refractivity contribution in [2.75, 3.05) is 11.1 Å². The summed E-state index contributed by atoms with van der Waals surface area (Å²) in [6.07, 6.45) is -4.07. The molecule has 1 aromatic carbocycles. The van der Waals surface area contributed by atoms with E-state index in [0.717, 1.165) is 23.7 Å². The van der Waals surface area contributed by atoms with Crippen molar-refractivity contribution < 1.29 is 18.0 Å². The maximum Gasteiger partial charge on any atom is 0.418 e. The third-order valence-corrected chi connectivity index (χ3v) is 3.48. The second-order valence-electron chi connectivity index (χ2n) is 4.16. The Morgan fingerprint density at radius 3 is 2.76 bits per heavy atom. The van der Waals surface area contributed by atoms with Crippen molar-refractivity contribution in [3.8, 4) is 0 Å². The van der Waals surface area contributed by atoms with Crippen molar-refractivity contribution >= 4 is 28.8 Å². The molecule has 2 aromatic rings. The number of halogens is 3. The van der Waals surface area contributed by atoms with Gasteiger partial charge >= 0.3 is 6.18 Å². The molecule has 0 saturated heterocycles. The topological polar surface area (TPSA) is 80.9 Å². The van der Waals surface area contributed by atoms with Crippen molar-refractivity contribution in [3.63, 3.8) is 0 Å². The molecule has 0 spiro atoms. The number of aromatic nitrogens is 2. The summed E-state index contributed by atoms with van der Waals surface area (Å²) in [5.74, 6) is -0.542. The van der Waals surface area contributed by atoms with Crippen molar-refractivity contribution in [2.45, 2.75) is 19.5 Å². The van der Waals surface area contributed by atoms with Gasteiger partial charge in [0.2, 0.25) is 0 Å². The number of nitrogens with zero attached hydrogens (tertiary/aromatic N) is 2. The van der Waals surface area contributed by atoms with Crippen LogP contribution in [-0.4, -0.2) is 15.5 Å². The van der Waals surface area contributed by atoms with Gasteiger partial charge in [0.15, 0.2) is 0 Å². The number of amides is 1. The van der Waals surface area contributed by atoms with E-state index in [1.54, 1.807) is 6.92 Å². The van der Waals surface area contributed by atoms with Crippen LogP contribution in [-0.2, 0) is 12.6 Å². The number of rotatable bonds is 3. The highest BCUT2D eigenvalue weighted by Gasteiger charge is 2.33. The molecule has 0 fully saturated rings. The predicted octanol–water partition coefficient (Wildman–Crippen LogP) is 2.95. The van der Waals surface area contributed by atoms with E-state index in [1.165, 1.54) is 6.07 Å². The maximum atomic E-state index is 12.7. The molecular formula is C12H11F3N4OS. The van der Waals surface area contributed by atoms with Crippen molar-refractivity contribution in [1.82, 2.24) is 9.59 Å². The molecule has 3 N–H and O–H groups in total. The van der Waals surface area contributed by atoms with Gasteiger partial charge in [0.05, 0.1) is 11.3 Å². The Labute approximate surface area is 122 Å². The number of aryl methyl sites for hydroxylation is 1. The summed E-state index contributed by atoms with van der Waals surface area (Å²) in [4.78, 5) is 12.3. The van der Waals surface area contributed by atoms with Gasteiger partial charge in [-0.3, -0.25) is 4.79 Å². The van der Waals surface area contributed by atoms with Crippen LogP contribution >= 0.6 is 11.5 Å². The van der Waals surface area contributed by atoms with Gasteiger partial charge in [0.25, 0.3) is 5.91 Å². The fourth-order valence-corrected chi connectivity index (χ4v) is 2.33. The van der Waals surface area contributed by atoms with Gasteiger partial charge in [-0.1, -0.05) is 11.4 Å². The van der Waals surface area contributed by atoms with E-state index in [-0.39, 0.29) is 10.6 Å². The zero-order valence-electron chi connectivity index (χ0n) is 10.9. The van der Waals surface area contributed by atoms with Crippen LogP contribution < -0.4 is 11.1 Å². The highest BCUT2D eigenvalue weighted by Crippen LogP contribution is 2.35. The molecule has 0 saturated carbocycles. The average Bonchev–Trinajstić information content (AvgIpc) is 2.88. The summed E-state index contributed by atoms with van der Waals surface area (Å²) >= 11 is 0.894. The summed E-state index contributed by atoms with van der Waals surface area (Å²) in [5, 5.41) is 6.17. The molecule has 0 aliphatic rings. The minimum Gasteiger partial charge on any atom is -0.398 e. The first-order valence-corrected chi connectivity index (χ1v) is 6.69. The van der Waals surface area contributed by atoms with Crippen molar-refractivity contribution in [1.29, 1.82) is 0 Å². The fourth-order valence-electron chi connectivity index (χ4n) is 1.68. The van der Waals surface area contributed by atoms with E-state index < -0.39 is 23.3 Å². The number of nitrogen functional groups attached to an aromatic ring is 1. The number of benzene rings is 1. The van der Waals surface area contributed by atoms with Crippen molar-refractivity contribution in [3.05, 3.63) is 34.3 Å². The van der Waals surface area contributed by atoms with Crippen LogP contribution in [0.15, 0.2) is 18.2 Å². The Bertz CT molecular complexity index is 669. The lowest BCUT2D eigenvalue weighted by molar-refractivity contribution is -0.136. The molecule has 1 heterocycles. The van der Waals surface area contributed by atoms with Gasteiger partial charge in [-0.05, 0) is 36.2 Å². The van der Waals surface area contributed by atoms with Crippen LogP contribution in [0.5, 0.6) is 0 Å². The molecule has 0 bridgehead atoms. The number of carbonyl (C=O) groups excluding carboxylic acids is 1. The number of nitrogens with two attached hydrogens (primary N) is 1. The first-order valence-electron chi connectivity index (χ1n) is 5.92. The van der Waals surface area contributed by atoms with Gasteiger partial charge in [0.1, 0.15) is 4.88 Å². The molecule has 5 nitrogen and oxygen atoms in total. The molecule has 112 valence electrons. The molecule has 0 aliphatic heterocycles. The van der Waals surface area contributed by atoms with E-state index in [2.05, 4.69) is 14.9 Å². The molecule has 1 amide bonds. The lowest BCUT2D eigenvalue weighted by atomic mass is 10.1. The standard InChI is InChI=1S/C12H11F3N4OS/c1-2-9-10(21-19-18-9)11(20)17-6-3-4-8(16)7(5-6)12(13,14)15/h3-5H,2,16H2,1H3,(H,17,20). The molecule has 0 radical (unpaired) electrons. The number of hydrogen-bond acceptors (Lipinski definition) is 5. The van der Waals surface area contributed by atoms with E-state index in [9.17, 15) is 18.0 Å². The zero-order chi connectivity index (χ0) is 15.6. The Morgan fingerprint density at radius 2 is 2.14 bits per heavy atom. The molecule has 1 aromatic heterocycles. The lowest BCUT2D eigenvalue weighted by Gasteiger charge is -2.12. The van der Waals surface area contributed by atoms with Crippen LogP contribution in [0.1, 0.15) is 27.9 Å². The molecule has 0 unspecified atom stereocenters. The number of hydrogen-bond donors (Lipinski definition) is 2. The van der Waals surface area contributed by atoms with Gasteiger partial charge in [-0.2, -0.15) is 13.2 Å². The summed E-state index contributed by atoms with van der Waals surface area (Å²) in [6, 6.07) is 3.21. The summed E-state index contributed by atoms with van der Waals surface area (Å²) in [5.41, 5.74) is 4.43. The predicted molar refractivity (Wildman–Crippen MR) is 73.1 cm³/mol. The minimum atomic E-state index is -4.58. The van der Waals surface area contributed by atoms with Crippen LogP contribution in [0.3, 0.4) is 0 Å². The Morgan fingerprint density at radius 1 is 1.43 bits per heavy atom. The van der Waals surface area contributed by atoms with Crippen LogP contribution in [0.25, 0.3) is 0 Å². The SMILES string of the molecule is CCc1nnsc1C(=O)Nc1ccc(N)c(C(F)(F)F)c1. The van der Waals surface area contributed by atoms with Gasteiger partial charge < -0.3 is 11.1 Å². The molecule has 0 aliphatic carbocycles. The molecule has 21 heavy (non-hydrogen) atoms. The monoisotopic (exact) mass is 316 g/mol. The maximum absolute atomic E-state index is 12.7. The minimum absolute atomic E-state index is 0.0111. The summed E-state index contributed by atoms with van der Waals surface area (Å²) < 4.78 is 41.9. The highest BCUT2D eigenvalue weighted by atomic mass is 32.1. The number of alkyl halides is 3. The number of nitrogens with one attached hydrogen (secondary N) is 1. The zero-order valence-corrected chi connectivity index (χ0v) is 11.7.